The van der Waals surface area contributed by atoms with Gasteiger partial charge in [0.1, 0.15) is 5.75 Å². The number of nitrogens with one attached hydrogen (secondary N) is 4. The lowest BCUT2D eigenvalue weighted by Gasteiger charge is -2.26. The van der Waals surface area contributed by atoms with E-state index in [1.165, 1.54) is 9.80 Å². The summed E-state index contributed by atoms with van der Waals surface area (Å²) in [5.41, 5.74) is 1.41. The third-order valence-corrected chi connectivity index (χ3v) is 5.42. The van der Waals surface area contributed by atoms with E-state index in [4.69, 9.17) is 17.0 Å². The molecule has 0 aliphatic carbocycles. The van der Waals surface area contributed by atoms with Gasteiger partial charge in [-0.05, 0) is 35.8 Å². The highest BCUT2D eigenvalue weighted by Gasteiger charge is 2.14. The van der Waals surface area contributed by atoms with Crippen molar-refractivity contribution >= 4 is 28.2 Å². The van der Waals surface area contributed by atoms with Gasteiger partial charge in [0.15, 0.2) is 5.11 Å². The molecule has 2 rings (SSSR count). The van der Waals surface area contributed by atoms with Crippen molar-refractivity contribution in [2.45, 2.75) is 19.4 Å². The van der Waals surface area contributed by atoms with Crippen LogP contribution in [0.2, 0.25) is 0 Å². The average Bonchev–Trinajstić information content (AvgIpc) is 2.69. The van der Waals surface area contributed by atoms with Gasteiger partial charge in [0.05, 0.1) is 60.5 Å². The highest BCUT2D eigenvalue weighted by Crippen LogP contribution is 2.19. The van der Waals surface area contributed by atoms with Crippen LogP contribution in [0.25, 0.3) is 10.9 Å². The molecular formula is C22H37N5O2S+2. The molecule has 0 aliphatic heterocycles. The number of benzene rings is 1. The SMILES string of the molecule is COc1ccc2cc(CN(CCC[NH+](C)C)C(=S)NCCC[NH+](C)C)c(=O)[nH]c2c1. The van der Waals surface area contributed by atoms with Gasteiger partial charge in [-0.2, -0.15) is 0 Å². The maximum Gasteiger partial charge on any atom is 0.253 e. The lowest BCUT2D eigenvalue weighted by Crippen LogP contribution is -3.05. The number of quaternary nitrogens is 2. The number of hydrogen-bond donors (Lipinski definition) is 4. The fraction of sp³-hybridized carbons (Fsp3) is 0.545. The van der Waals surface area contributed by atoms with Gasteiger partial charge in [0.2, 0.25) is 0 Å². The first-order chi connectivity index (χ1) is 14.3. The van der Waals surface area contributed by atoms with Gasteiger partial charge >= 0.3 is 0 Å². The molecule has 0 fully saturated rings. The molecule has 30 heavy (non-hydrogen) atoms. The number of methoxy groups -OCH3 is 1. The number of ether oxygens (including phenoxy) is 1. The smallest absolute Gasteiger partial charge is 0.253 e. The van der Waals surface area contributed by atoms with Crippen LogP contribution in [0, 0.1) is 0 Å². The second kappa shape index (κ2) is 11.9. The third-order valence-electron chi connectivity index (χ3n) is 5.01. The quantitative estimate of drug-likeness (QED) is 0.277. The second-order valence-electron chi connectivity index (χ2n) is 8.35. The Morgan fingerprint density at radius 1 is 1.13 bits per heavy atom. The average molecular weight is 436 g/mol. The molecule has 4 N–H and O–H groups in total. The Morgan fingerprint density at radius 2 is 1.83 bits per heavy atom. The van der Waals surface area contributed by atoms with E-state index in [1.54, 1.807) is 7.11 Å². The van der Waals surface area contributed by atoms with Gasteiger partial charge in [0, 0.05) is 37.6 Å². The van der Waals surface area contributed by atoms with Crippen molar-refractivity contribution < 1.29 is 14.5 Å². The minimum atomic E-state index is -0.0852. The Kier molecular flexibility index (Phi) is 9.55. The van der Waals surface area contributed by atoms with Gasteiger partial charge in [-0.3, -0.25) is 4.79 Å². The van der Waals surface area contributed by atoms with E-state index in [2.05, 4.69) is 43.4 Å². The van der Waals surface area contributed by atoms with Gasteiger partial charge in [-0.1, -0.05) is 0 Å². The van der Waals surface area contributed by atoms with E-state index >= 15 is 0 Å². The van der Waals surface area contributed by atoms with Crippen LogP contribution in [0.4, 0.5) is 0 Å². The van der Waals surface area contributed by atoms with E-state index in [0.717, 1.165) is 55.7 Å². The summed E-state index contributed by atoms with van der Waals surface area (Å²) in [5, 5.41) is 5.07. The molecule has 1 heterocycles. The van der Waals surface area contributed by atoms with E-state index in [-0.39, 0.29) is 5.56 Å². The molecule has 166 valence electrons. The highest BCUT2D eigenvalue weighted by molar-refractivity contribution is 7.80. The maximum absolute atomic E-state index is 12.7. The van der Waals surface area contributed by atoms with Crippen molar-refractivity contribution in [3.05, 3.63) is 40.2 Å². The fourth-order valence-corrected chi connectivity index (χ4v) is 3.56. The van der Waals surface area contributed by atoms with E-state index in [0.29, 0.717) is 17.2 Å². The summed E-state index contributed by atoms with van der Waals surface area (Å²) in [6.45, 7) is 4.29. The van der Waals surface area contributed by atoms with Crippen molar-refractivity contribution in [2.24, 2.45) is 0 Å². The number of pyridine rings is 1. The molecular weight excluding hydrogens is 398 g/mol. The zero-order valence-corrected chi connectivity index (χ0v) is 19.7. The second-order valence-corrected chi connectivity index (χ2v) is 8.74. The van der Waals surface area contributed by atoms with Crippen LogP contribution in [-0.2, 0) is 6.54 Å². The summed E-state index contributed by atoms with van der Waals surface area (Å²) < 4.78 is 5.25. The Labute approximate surface area is 185 Å². The summed E-state index contributed by atoms with van der Waals surface area (Å²) in [7, 11) is 10.2. The van der Waals surface area contributed by atoms with E-state index in [9.17, 15) is 4.79 Å². The Bertz CT molecular complexity index is 881. The van der Waals surface area contributed by atoms with Gasteiger partial charge in [-0.25, -0.2) is 0 Å². The Morgan fingerprint density at radius 3 is 2.50 bits per heavy atom. The Balaban J connectivity index is 2.14. The lowest BCUT2D eigenvalue weighted by molar-refractivity contribution is -0.858. The van der Waals surface area contributed by atoms with Crippen molar-refractivity contribution in [1.82, 2.24) is 15.2 Å². The van der Waals surface area contributed by atoms with E-state index in [1.807, 2.05) is 24.3 Å². The molecule has 7 nitrogen and oxygen atoms in total. The van der Waals surface area contributed by atoms with Gasteiger partial charge < -0.3 is 29.7 Å². The van der Waals surface area contributed by atoms with Crippen LogP contribution in [0.5, 0.6) is 5.75 Å². The van der Waals surface area contributed by atoms with Crippen LogP contribution in [0.15, 0.2) is 29.1 Å². The molecule has 0 amide bonds. The number of aromatic nitrogens is 1. The van der Waals surface area contributed by atoms with Crippen LogP contribution in [0.1, 0.15) is 18.4 Å². The zero-order valence-electron chi connectivity index (χ0n) is 18.9. The van der Waals surface area contributed by atoms with Gasteiger partial charge in [0.25, 0.3) is 5.56 Å². The van der Waals surface area contributed by atoms with Crippen molar-refractivity contribution in [2.75, 3.05) is 61.5 Å². The minimum absolute atomic E-state index is 0.0852. The standard InChI is InChI=1S/C22H35N5O2S/c1-25(2)11-6-10-23-22(30)27(13-7-12-26(3)4)16-18-14-17-8-9-19(29-5)15-20(17)24-21(18)28/h8-9,14-15H,6-7,10-13,16H2,1-5H3,(H,23,30)(H,24,28)/p+2. The highest BCUT2D eigenvalue weighted by atomic mass is 32.1. The number of H-pyrrole nitrogens is 1. The largest absolute Gasteiger partial charge is 0.497 e. The molecule has 0 saturated heterocycles. The first kappa shape index (κ1) is 24.1. The zero-order chi connectivity index (χ0) is 22.1. The molecule has 0 unspecified atom stereocenters. The summed E-state index contributed by atoms with van der Waals surface area (Å²) in [4.78, 5) is 20.6. The van der Waals surface area contributed by atoms with Crippen molar-refractivity contribution in [1.29, 1.82) is 0 Å². The number of rotatable bonds is 11. The molecule has 1 aromatic heterocycles. The minimum Gasteiger partial charge on any atom is -0.497 e. The van der Waals surface area contributed by atoms with Crippen LogP contribution in [0.3, 0.4) is 0 Å². The Hall–Kier alpha value is -2.16. The lowest BCUT2D eigenvalue weighted by atomic mass is 10.1. The molecule has 0 spiro atoms. The third kappa shape index (κ3) is 7.59. The summed E-state index contributed by atoms with van der Waals surface area (Å²) in [5.74, 6) is 0.726. The van der Waals surface area contributed by atoms with Crippen LogP contribution < -0.4 is 25.4 Å². The van der Waals surface area contributed by atoms with Gasteiger partial charge in [-0.15, -0.1) is 0 Å². The first-order valence-corrected chi connectivity index (χ1v) is 11.0. The first-order valence-electron chi connectivity index (χ1n) is 10.6. The molecule has 2 aromatic rings. The number of nitrogens with zero attached hydrogens (tertiary/aromatic N) is 1. The molecule has 0 radical (unpaired) electrons. The molecule has 0 saturated carbocycles. The summed E-state index contributed by atoms with van der Waals surface area (Å²) >= 11 is 5.68. The predicted molar refractivity (Wildman–Crippen MR) is 127 cm³/mol. The molecule has 1 aromatic carbocycles. The monoisotopic (exact) mass is 435 g/mol. The van der Waals surface area contributed by atoms with Crippen molar-refractivity contribution in [3.8, 4) is 5.75 Å². The van der Waals surface area contributed by atoms with Crippen LogP contribution in [-0.4, -0.2) is 76.5 Å². The summed E-state index contributed by atoms with van der Waals surface area (Å²) in [6.07, 6.45) is 2.06. The molecule has 0 aliphatic rings. The molecule has 0 bridgehead atoms. The number of aromatic amines is 1. The topological polar surface area (TPSA) is 66.2 Å². The normalized spacial score (nSPS) is 11.3. The number of fused-ring (bicyclic) bond motifs is 1. The maximum atomic E-state index is 12.7. The number of hydrogen-bond acceptors (Lipinski definition) is 3. The predicted octanol–water partition coefficient (Wildman–Crippen LogP) is -0.718. The number of thiocarbonyl (C=S) groups is 1. The van der Waals surface area contributed by atoms with Crippen molar-refractivity contribution in [3.63, 3.8) is 0 Å². The van der Waals surface area contributed by atoms with E-state index < -0.39 is 0 Å². The molecule has 8 heteroatoms. The summed E-state index contributed by atoms with van der Waals surface area (Å²) in [6, 6.07) is 7.67. The van der Waals surface area contributed by atoms with Crippen LogP contribution >= 0.6 is 12.2 Å². The molecule has 0 atom stereocenters. The fourth-order valence-electron chi connectivity index (χ4n) is 3.30.